The highest BCUT2D eigenvalue weighted by molar-refractivity contribution is 7.99. The zero-order chi connectivity index (χ0) is 11.7. The molecule has 0 saturated carbocycles. The first-order valence-corrected chi connectivity index (χ1v) is 6.16. The Kier molecular flexibility index (Phi) is 2.74. The standard InChI is InChI=1S/C13H11FN2S/c14-11-6-2-4-8-13(11)16-12-7-3-1-5-10(12)9-15-17-16/h1-8,15H,9H2. The average Bonchev–Trinajstić information content (AvgIpc) is 2.39. The summed E-state index contributed by atoms with van der Waals surface area (Å²) in [5.74, 6) is -0.210. The van der Waals surface area contributed by atoms with Gasteiger partial charge in [-0.2, -0.15) is 0 Å². The smallest absolute Gasteiger partial charge is 0.147 e. The lowest BCUT2D eigenvalue weighted by atomic mass is 10.1. The fourth-order valence-corrected chi connectivity index (χ4v) is 2.75. The highest BCUT2D eigenvalue weighted by atomic mass is 32.2. The van der Waals surface area contributed by atoms with Crippen molar-refractivity contribution < 1.29 is 4.39 Å². The van der Waals surface area contributed by atoms with Crippen LogP contribution in [-0.4, -0.2) is 0 Å². The van der Waals surface area contributed by atoms with Gasteiger partial charge in [-0.25, -0.2) is 9.11 Å². The number of rotatable bonds is 1. The molecule has 2 aromatic carbocycles. The highest BCUT2D eigenvalue weighted by Crippen LogP contribution is 2.37. The van der Waals surface area contributed by atoms with Crippen LogP contribution in [0.1, 0.15) is 5.56 Å². The SMILES string of the molecule is Fc1ccccc1N1SNCc2ccccc21. The molecule has 0 amide bonds. The zero-order valence-corrected chi connectivity index (χ0v) is 9.88. The molecule has 0 aliphatic carbocycles. The Balaban J connectivity index is 2.09. The molecule has 0 atom stereocenters. The molecule has 17 heavy (non-hydrogen) atoms. The Labute approximate surface area is 104 Å². The Morgan fingerprint density at radius 3 is 2.53 bits per heavy atom. The minimum atomic E-state index is -0.210. The Bertz CT molecular complexity index is 544. The van der Waals surface area contributed by atoms with Crippen LogP contribution in [0.4, 0.5) is 15.8 Å². The number of nitrogens with zero attached hydrogens (tertiary/aromatic N) is 1. The van der Waals surface area contributed by atoms with Crippen LogP contribution in [0.25, 0.3) is 0 Å². The van der Waals surface area contributed by atoms with E-state index >= 15 is 0 Å². The van der Waals surface area contributed by atoms with Crippen LogP contribution in [0.15, 0.2) is 48.5 Å². The van der Waals surface area contributed by atoms with Crippen LogP contribution < -0.4 is 9.03 Å². The number of hydrogen-bond donors (Lipinski definition) is 1. The van der Waals surface area contributed by atoms with Gasteiger partial charge in [0.05, 0.1) is 11.4 Å². The molecule has 4 heteroatoms. The summed E-state index contributed by atoms with van der Waals surface area (Å²) in [6.45, 7) is 0.797. The molecule has 0 spiro atoms. The third-order valence-corrected chi connectivity index (χ3v) is 3.55. The van der Waals surface area contributed by atoms with Crippen molar-refractivity contribution in [1.82, 2.24) is 4.72 Å². The molecule has 1 aliphatic heterocycles. The van der Waals surface area contributed by atoms with E-state index in [-0.39, 0.29) is 5.82 Å². The summed E-state index contributed by atoms with van der Waals surface area (Å²) in [4.78, 5) is 0. The normalized spacial score (nSPS) is 14.5. The van der Waals surface area contributed by atoms with Crippen molar-refractivity contribution in [2.45, 2.75) is 6.54 Å². The number of fused-ring (bicyclic) bond motifs is 1. The van der Waals surface area contributed by atoms with Gasteiger partial charge in [0.2, 0.25) is 0 Å². The number of benzene rings is 2. The molecule has 1 heterocycles. The number of nitrogens with one attached hydrogen (secondary N) is 1. The Morgan fingerprint density at radius 2 is 1.71 bits per heavy atom. The molecule has 1 N–H and O–H groups in total. The van der Waals surface area contributed by atoms with E-state index in [1.807, 2.05) is 28.6 Å². The molecular weight excluding hydrogens is 235 g/mol. The van der Waals surface area contributed by atoms with Gasteiger partial charge in [0.15, 0.2) is 0 Å². The number of anilines is 2. The van der Waals surface area contributed by atoms with Gasteiger partial charge in [-0.15, -0.1) is 0 Å². The van der Waals surface area contributed by atoms with Crippen molar-refractivity contribution in [1.29, 1.82) is 0 Å². The van der Waals surface area contributed by atoms with Crippen LogP contribution in [0.3, 0.4) is 0 Å². The fraction of sp³-hybridized carbons (Fsp3) is 0.0769. The molecule has 3 rings (SSSR count). The molecule has 2 aromatic rings. The lowest BCUT2D eigenvalue weighted by Gasteiger charge is -2.30. The van der Waals surface area contributed by atoms with Crippen LogP contribution >= 0.6 is 12.1 Å². The molecule has 0 unspecified atom stereocenters. The molecule has 0 fully saturated rings. The molecule has 0 radical (unpaired) electrons. The second-order valence-electron chi connectivity index (χ2n) is 3.79. The topological polar surface area (TPSA) is 15.3 Å². The van der Waals surface area contributed by atoms with E-state index in [4.69, 9.17) is 0 Å². The molecule has 0 saturated heterocycles. The Morgan fingerprint density at radius 1 is 1.00 bits per heavy atom. The molecule has 0 bridgehead atoms. The predicted octanol–water partition coefficient (Wildman–Crippen LogP) is 3.63. The third kappa shape index (κ3) is 1.90. The van der Waals surface area contributed by atoms with E-state index in [9.17, 15) is 4.39 Å². The summed E-state index contributed by atoms with van der Waals surface area (Å²) in [7, 11) is 0. The zero-order valence-electron chi connectivity index (χ0n) is 9.06. The van der Waals surface area contributed by atoms with Crippen LogP contribution in [-0.2, 0) is 6.54 Å². The number of halogens is 1. The summed E-state index contributed by atoms with van der Waals surface area (Å²) < 4.78 is 18.9. The lowest BCUT2D eigenvalue weighted by Crippen LogP contribution is -2.23. The van der Waals surface area contributed by atoms with Gasteiger partial charge in [-0.3, -0.25) is 4.31 Å². The molecule has 86 valence electrons. The summed E-state index contributed by atoms with van der Waals surface area (Å²) in [6.07, 6.45) is 0. The van der Waals surface area contributed by atoms with Gasteiger partial charge < -0.3 is 0 Å². The maximum Gasteiger partial charge on any atom is 0.147 e. The second-order valence-corrected chi connectivity index (χ2v) is 4.62. The molecule has 1 aliphatic rings. The summed E-state index contributed by atoms with van der Waals surface area (Å²) in [5.41, 5.74) is 2.80. The van der Waals surface area contributed by atoms with Crippen molar-refractivity contribution in [3.8, 4) is 0 Å². The van der Waals surface area contributed by atoms with E-state index in [0.717, 1.165) is 12.2 Å². The largest absolute Gasteiger partial charge is 0.268 e. The van der Waals surface area contributed by atoms with E-state index in [0.29, 0.717) is 5.69 Å². The van der Waals surface area contributed by atoms with Crippen molar-refractivity contribution in [2.75, 3.05) is 4.31 Å². The van der Waals surface area contributed by atoms with Gasteiger partial charge in [0.1, 0.15) is 5.82 Å². The van der Waals surface area contributed by atoms with Gasteiger partial charge in [0.25, 0.3) is 0 Å². The first-order valence-electron chi connectivity index (χ1n) is 5.38. The summed E-state index contributed by atoms with van der Waals surface area (Å²) in [6, 6.07) is 14.8. The molecule has 2 nitrogen and oxygen atoms in total. The quantitative estimate of drug-likeness (QED) is 0.773. The van der Waals surface area contributed by atoms with Gasteiger partial charge >= 0.3 is 0 Å². The maximum absolute atomic E-state index is 13.8. The third-order valence-electron chi connectivity index (χ3n) is 2.70. The first kappa shape index (κ1) is 10.6. The number of hydrogen-bond acceptors (Lipinski definition) is 3. The van der Waals surface area contributed by atoms with Gasteiger partial charge in [0, 0.05) is 18.7 Å². The predicted molar refractivity (Wildman–Crippen MR) is 69.4 cm³/mol. The van der Waals surface area contributed by atoms with Crippen molar-refractivity contribution in [3.63, 3.8) is 0 Å². The molecular formula is C13H11FN2S. The summed E-state index contributed by atoms with van der Waals surface area (Å²) >= 11 is 1.42. The maximum atomic E-state index is 13.8. The lowest BCUT2D eigenvalue weighted by molar-refractivity contribution is 0.630. The van der Waals surface area contributed by atoms with Crippen molar-refractivity contribution in [2.24, 2.45) is 0 Å². The number of para-hydroxylation sites is 2. The van der Waals surface area contributed by atoms with Crippen LogP contribution in [0.2, 0.25) is 0 Å². The second kappa shape index (κ2) is 4.39. The first-order chi connectivity index (χ1) is 8.36. The Hall–Kier alpha value is -1.52. The van der Waals surface area contributed by atoms with E-state index in [1.165, 1.54) is 23.8 Å². The van der Waals surface area contributed by atoms with Gasteiger partial charge in [-0.1, -0.05) is 30.3 Å². The monoisotopic (exact) mass is 246 g/mol. The van der Waals surface area contributed by atoms with Gasteiger partial charge in [-0.05, 0) is 23.8 Å². The van der Waals surface area contributed by atoms with Crippen molar-refractivity contribution in [3.05, 3.63) is 59.9 Å². The van der Waals surface area contributed by atoms with E-state index < -0.39 is 0 Å². The highest BCUT2D eigenvalue weighted by Gasteiger charge is 2.20. The fourth-order valence-electron chi connectivity index (χ4n) is 1.88. The van der Waals surface area contributed by atoms with E-state index in [1.54, 1.807) is 12.1 Å². The minimum absolute atomic E-state index is 0.210. The van der Waals surface area contributed by atoms with Crippen LogP contribution in [0, 0.1) is 5.82 Å². The average molecular weight is 246 g/mol. The van der Waals surface area contributed by atoms with E-state index in [2.05, 4.69) is 10.8 Å². The molecule has 0 aromatic heterocycles. The summed E-state index contributed by atoms with van der Waals surface area (Å²) in [5, 5.41) is 0. The minimum Gasteiger partial charge on any atom is -0.268 e. The van der Waals surface area contributed by atoms with Crippen molar-refractivity contribution >= 4 is 23.5 Å². The van der Waals surface area contributed by atoms with Crippen LogP contribution in [0.5, 0.6) is 0 Å².